The molecule has 2 heterocycles. The van der Waals surface area contributed by atoms with Gasteiger partial charge in [-0.25, -0.2) is 0 Å². The van der Waals surface area contributed by atoms with Crippen molar-refractivity contribution in [1.29, 1.82) is 0 Å². The van der Waals surface area contributed by atoms with Crippen LogP contribution in [0.4, 0.5) is 0 Å². The van der Waals surface area contributed by atoms with Gasteiger partial charge in [-0.1, -0.05) is 23.7 Å². The summed E-state index contributed by atoms with van der Waals surface area (Å²) < 4.78 is 0. The monoisotopic (exact) mass is 261 g/mol. The fourth-order valence-corrected chi connectivity index (χ4v) is 3.19. The van der Waals surface area contributed by atoms with Crippen molar-refractivity contribution in [2.24, 2.45) is 0 Å². The Labute approximate surface area is 112 Å². The number of benzene rings is 1. The summed E-state index contributed by atoms with van der Waals surface area (Å²) in [4.78, 5) is 14.5. The number of Topliss-reactive ketones (excluding diaryl/α,β-unsaturated/α-hetero) is 1. The van der Waals surface area contributed by atoms with E-state index in [1.54, 1.807) is 0 Å². The van der Waals surface area contributed by atoms with E-state index in [-0.39, 0.29) is 0 Å². The second kappa shape index (κ2) is 4.52. The molecule has 2 aliphatic rings. The molecule has 0 aromatic heterocycles. The van der Waals surface area contributed by atoms with E-state index in [0.29, 0.717) is 24.3 Å². The molecule has 0 radical (unpaired) electrons. The van der Waals surface area contributed by atoms with Gasteiger partial charge < -0.3 is 0 Å². The third-order valence-electron chi connectivity index (χ3n) is 4.14. The van der Waals surface area contributed by atoms with Crippen molar-refractivity contribution in [3.05, 3.63) is 40.4 Å². The lowest BCUT2D eigenvalue weighted by Gasteiger charge is -2.32. The molecule has 2 aliphatic heterocycles. The highest BCUT2D eigenvalue weighted by atomic mass is 35.5. The predicted molar refractivity (Wildman–Crippen MR) is 73.6 cm³/mol. The Morgan fingerprint density at radius 2 is 2.00 bits per heavy atom. The van der Waals surface area contributed by atoms with Gasteiger partial charge in [0.25, 0.3) is 0 Å². The topological polar surface area (TPSA) is 20.3 Å². The summed E-state index contributed by atoms with van der Waals surface area (Å²) in [6.45, 7) is 0. The van der Waals surface area contributed by atoms with E-state index in [1.165, 1.54) is 0 Å². The maximum absolute atomic E-state index is 12.2. The molecule has 0 aliphatic carbocycles. The fraction of sp³-hybridized carbons (Fsp3) is 0.400. The molecular weight excluding hydrogens is 246 g/mol. The van der Waals surface area contributed by atoms with Gasteiger partial charge in [-0.15, -0.1) is 0 Å². The number of hydrogen-bond acceptors (Lipinski definition) is 2. The second-order valence-corrected chi connectivity index (χ2v) is 5.63. The summed E-state index contributed by atoms with van der Waals surface area (Å²) in [7, 11) is 2.13. The second-order valence-electron chi connectivity index (χ2n) is 5.19. The molecular formula is C15H16ClNO. The summed E-state index contributed by atoms with van der Waals surface area (Å²) in [6, 6.07) is 8.43. The van der Waals surface area contributed by atoms with E-state index in [1.807, 2.05) is 30.3 Å². The summed E-state index contributed by atoms with van der Waals surface area (Å²) in [5.74, 6) is 0.315. The first-order chi connectivity index (χ1) is 8.65. The summed E-state index contributed by atoms with van der Waals surface area (Å²) in [6.07, 6.45) is 4.95. The minimum atomic E-state index is 0.312. The number of hydrogen-bond donors (Lipinski definition) is 0. The average Bonchev–Trinajstić information content (AvgIpc) is 2.61. The number of carbonyl (C=O) groups is 1. The number of rotatable bonds is 1. The van der Waals surface area contributed by atoms with Gasteiger partial charge in [0.05, 0.1) is 0 Å². The smallest absolute Gasteiger partial charge is 0.162 e. The molecule has 3 rings (SSSR count). The van der Waals surface area contributed by atoms with Crippen molar-refractivity contribution in [2.45, 2.75) is 31.3 Å². The lowest BCUT2D eigenvalue weighted by Crippen LogP contribution is -2.41. The number of likely N-dealkylation sites (N-methyl/N-ethyl adjacent to an activating group) is 1. The molecule has 1 aromatic carbocycles. The number of piperidine rings is 1. The number of halogens is 1. The SMILES string of the molecule is CN1C2CCC1/C(=C/c1ccc(Cl)cc1)C(=O)C2. The third-order valence-corrected chi connectivity index (χ3v) is 4.39. The Morgan fingerprint density at radius 1 is 1.28 bits per heavy atom. The molecule has 2 bridgehead atoms. The standard InChI is InChI=1S/C15H16ClNO/c1-17-12-6-7-14(17)13(15(18)9-12)8-10-2-4-11(16)5-3-10/h2-5,8,12,14H,6-7,9H2,1H3/b13-8-. The molecule has 0 N–H and O–H groups in total. The number of carbonyl (C=O) groups excluding carboxylic acids is 1. The molecule has 94 valence electrons. The maximum atomic E-state index is 12.2. The largest absolute Gasteiger partial charge is 0.296 e. The van der Waals surface area contributed by atoms with E-state index in [9.17, 15) is 4.79 Å². The van der Waals surface area contributed by atoms with Crippen LogP contribution in [0.5, 0.6) is 0 Å². The van der Waals surface area contributed by atoms with Crippen molar-refractivity contribution >= 4 is 23.5 Å². The first kappa shape index (κ1) is 11.9. The molecule has 2 fully saturated rings. The quantitative estimate of drug-likeness (QED) is 0.724. The van der Waals surface area contributed by atoms with Crippen LogP contribution < -0.4 is 0 Å². The first-order valence-corrected chi connectivity index (χ1v) is 6.75. The van der Waals surface area contributed by atoms with Crippen LogP contribution in [-0.2, 0) is 4.79 Å². The molecule has 1 aromatic rings. The van der Waals surface area contributed by atoms with Crippen molar-refractivity contribution in [3.8, 4) is 0 Å². The van der Waals surface area contributed by atoms with Crippen molar-refractivity contribution in [2.75, 3.05) is 7.05 Å². The molecule has 2 unspecified atom stereocenters. The van der Waals surface area contributed by atoms with Gasteiger partial charge in [-0.2, -0.15) is 0 Å². The lowest BCUT2D eigenvalue weighted by molar-refractivity contribution is -0.118. The van der Waals surface area contributed by atoms with Gasteiger partial charge in [0.1, 0.15) is 0 Å². The number of ketones is 1. The predicted octanol–water partition coefficient (Wildman–Crippen LogP) is 3.16. The normalized spacial score (nSPS) is 30.1. The van der Waals surface area contributed by atoms with Crippen LogP contribution >= 0.6 is 11.6 Å². The highest BCUT2D eigenvalue weighted by Gasteiger charge is 2.41. The molecule has 0 spiro atoms. The van der Waals surface area contributed by atoms with Gasteiger partial charge in [-0.05, 0) is 43.7 Å². The lowest BCUT2D eigenvalue weighted by atomic mass is 9.94. The minimum absolute atomic E-state index is 0.312. The van der Waals surface area contributed by atoms with Crippen LogP contribution in [-0.4, -0.2) is 29.8 Å². The summed E-state index contributed by atoms with van der Waals surface area (Å²) in [5.41, 5.74) is 2.02. The third kappa shape index (κ3) is 2.00. The van der Waals surface area contributed by atoms with Crippen LogP contribution in [0, 0.1) is 0 Å². The molecule has 2 atom stereocenters. The Bertz CT molecular complexity index is 506. The van der Waals surface area contributed by atoms with Crippen LogP contribution in [0.25, 0.3) is 6.08 Å². The maximum Gasteiger partial charge on any atom is 0.162 e. The minimum Gasteiger partial charge on any atom is -0.296 e. The van der Waals surface area contributed by atoms with E-state index in [4.69, 9.17) is 11.6 Å². The van der Waals surface area contributed by atoms with E-state index < -0.39 is 0 Å². The first-order valence-electron chi connectivity index (χ1n) is 6.37. The highest BCUT2D eigenvalue weighted by Crippen LogP contribution is 2.36. The van der Waals surface area contributed by atoms with E-state index >= 15 is 0 Å². The zero-order chi connectivity index (χ0) is 12.7. The van der Waals surface area contributed by atoms with Crippen LogP contribution in [0.1, 0.15) is 24.8 Å². The van der Waals surface area contributed by atoms with Crippen LogP contribution in [0.2, 0.25) is 5.02 Å². The Hall–Kier alpha value is -1.12. The molecule has 2 nitrogen and oxygen atoms in total. The van der Waals surface area contributed by atoms with Crippen molar-refractivity contribution in [3.63, 3.8) is 0 Å². The molecule has 18 heavy (non-hydrogen) atoms. The Balaban J connectivity index is 1.94. The zero-order valence-corrected chi connectivity index (χ0v) is 11.2. The number of fused-ring (bicyclic) bond motifs is 2. The molecule has 2 saturated heterocycles. The summed E-state index contributed by atoms with van der Waals surface area (Å²) >= 11 is 5.87. The molecule has 0 saturated carbocycles. The van der Waals surface area contributed by atoms with Crippen molar-refractivity contribution in [1.82, 2.24) is 4.90 Å². The van der Waals surface area contributed by atoms with E-state index in [0.717, 1.165) is 29.0 Å². The average molecular weight is 262 g/mol. The summed E-state index contributed by atoms with van der Waals surface area (Å²) in [5, 5.41) is 0.727. The van der Waals surface area contributed by atoms with E-state index in [2.05, 4.69) is 11.9 Å². The van der Waals surface area contributed by atoms with Gasteiger partial charge in [0.15, 0.2) is 5.78 Å². The van der Waals surface area contributed by atoms with Crippen molar-refractivity contribution < 1.29 is 4.79 Å². The van der Waals surface area contributed by atoms with Crippen LogP contribution in [0.15, 0.2) is 29.8 Å². The zero-order valence-electron chi connectivity index (χ0n) is 10.4. The Morgan fingerprint density at radius 3 is 2.72 bits per heavy atom. The Kier molecular flexibility index (Phi) is 3.00. The highest BCUT2D eigenvalue weighted by molar-refractivity contribution is 6.30. The molecule has 0 amide bonds. The van der Waals surface area contributed by atoms with Gasteiger partial charge >= 0.3 is 0 Å². The van der Waals surface area contributed by atoms with Gasteiger partial charge in [-0.3, -0.25) is 9.69 Å². The fourth-order valence-electron chi connectivity index (χ4n) is 3.07. The number of nitrogens with zero attached hydrogens (tertiary/aromatic N) is 1. The molecule has 3 heteroatoms. The van der Waals surface area contributed by atoms with Gasteiger partial charge in [0.2, 0.25) is 0 Å². The van der Waals surface area contributed by atoms with Gasteiger partial charge in [0, 0.05) is 29.1 Å². The van der Waals surface area contributed by atoms with Crippen LogP contribution in [0.3, 0.4) is 0 Å².